The number of hydrogen-bond donors (Lipinski definition) is 2. The summed E-state index contributed by atoms with van der Waals surface area (Å²) >= 11 is 1.60. The van der Waals surface area contributed by atoms with Crippen LogP contribution in [0.25, 0.3) is 10.6 Å². The van der Waals surface area contributed by atoms with Crippen LogP contribution >= 0.6 is 23.7 Å². The average Bonchev–Trinajstić information content (AvgIpc) is 3.04. The molecule has 0 spiro atoms. The van der Waals surface area contributed by atoms with Gasteiger partial charge in [0.25, 0.3) is 0 Å². The fourth-order valence-electron chi connectivity index (χ4n) is 2.81. The van der Waals surface area contributed by atoms with Crippen LogP contribution in [0.2, 0.25) is 0 Å². The summed E-state index contributed by atoms with van der Waals surface area (Å²) in [4.78, 5) is 16.8. The van der Waals surface area contributed by atoms with Crippen LogP contribution in [0.1, 0.15) is 31.0 Å². The fourth-order valence-corrected chi connectivity index (χ4v) is 3.64. The van der Waals surface area contributed by atoms with Gasteiger partial charge in [0.05, 0.1) is 12.1 Å². The van der Waals surface area contributed by atoms with Gasteiger partial charge in [-0.1, -0.05) is 31.2 Å². The summed E-state index contributed by atoms with van der Waals surface area (Å²) in [6.45, 7) is 4.12. The van der Waals surface area contributed by atoms with E-state index in [4.69, 9.17) is 0 Å². The van der Waals surface area contributed by atoms with Crippen molar-refractivity contribution in [2.24, 2.45) is 0 Å². The first kappa shape index (κ1) is 18.9. The molecule has 0 aliphatic carbocycles. The zero-order chi connectivity index (χ0) is 16.1. The molecule has 1 aromatic carbocycles. The minimum Gasteiger partial charge on any atom is -0.353 e. The average molecular weight is 366 g/mol. The normalized spacial score (nSPS) is 14.9. The number of hydrogen-bond acceptors (Lipinski definition) is 4. The number of nitrogens with zero attached hydrogens (tertiary/aromatic N) is 1. The maximum absolute atomic E-state index is 12.1. The van der Waals surface area contributed by atoms with Crippen molar-refractivity contribution >= 4 is 29.7 Å². The third-order valence-electron chi connectivity index (χ3n) is 4.21. The number of nitrogens with one attached hydrogen (secondary N) is 2. The number of piperidine rings is 1. The zero-order valence-corrected chi connectivity index (χ0v) is 15.5. The monoisotopic (exact) mass is 365 g/mol. The molecule has 1 amide bonds. The number of rotatable bonds is 5. The standard InChI is InChI=1S/C18H23N3OS.ClH/c1-2-13-3-5-14(6-4-13)18-21-16(12-23-18)11-17(22)20-15-7-9-19-10-8-15;/h3-6,12,15,19H,2,7-11H2,1H3,(H,20,22);1H. The van der Waals surface area contributed by atoms with Crippen LogP contribution in [0.15, 0.2) is 29.6 Å². The predicted molar refractivity (Wildman–Crippen MR) is 102 cm³/mol. The van der Waals surface area contributed by atoms with Gasteiger partial charge in [-0.05, 0) is 37.9 Å². The van der Waals surface area contributed by atoms with Crippen LogP contribution in [0, 0.1) is 0 Å². The highest BCUT2D eigenvalue weighted by atomic mass is 35.5. The quantitative estimate of drug-likeness (QED) is 0.855. The van der Waals surface area contributed by atoms with E-state index in [0.717, 1.165) is 48.6 Å². The highest BCUT2D eigenvalue weighted by Gasteiger charge is 2.16. The van der Waals surface area contributed by atoms with Crippen molar-refractivity contribution in [2.75, 3.05) is 13.1 Å². The van der Waals surface area contributed by atoms with Crippen LogP contribution in [0.4, 0.5) is 0 Å². The molecule has 0 radical (unpaired) electrons. The molecule has 1 aliphatic rings. The Kier molecular flexibility index (Phi) is 7.21. The lowest BCUT2D eigenvalue weighted by Gasteiger charge is -2.23. The third kappa shape index (κ3) is 5.03. The van der Waals surface area contributed by atoms with Crippen LogP contribution < -0.4 is 10.6 Å². The van der Waals surface area contributed by atoms with E-state index < -0.39 is 0 Å². The number of benzene rings is 1. The van der Waals surface area contributed by atoms with Gasteiger partial charge in [-0.2, -0.15) is 0 Å². The number of amides is 1. The van der Waals surface area contributed by atoms with E-state index in [-0.39, 0.29) is 18.3 Å². The summed E-state index contributed by atoms with van der Waals surface area (Å²) in [6.07, 6.45) is 3.43. The molecule has 0 unspecified atom stereocenters. The first-order valence-corrected chi connectivity index (χ1v) is 9.16. The Bertz CT molecular complexity index is 651. The van der Waals surface area contributed by atoms with E-state index in [1.807, 2.05) is 5.38 Å². The number of aryl methyl sites for hydroxylation is 1. The Morgan fingerprint density at radius 2 is 2.00 bits per heavy atom. The summed E-state index contributed by atoms with van der Waals surface area (Å²) in [6, 6.07) is 8.80. The highest BCUT2D eigenvalue weighted by Crippen LogP contribution is 2.24. The summed E-state index contributed by atoms with van der Waals surface area (Å²) in [5.41, 5.74) is 3.31. The summed E-state index contributed by atoms with van der Waals surface area (Å²) in [5, 5.41) is 9.40. The predicted octanol–water partition coefficient (Wildman–Crippen LogP) is 3.21. The fraction of sp³-hybridized carbons (Fsp3) is 0.444. The molecule has 1 aromatic heterocycles. The van der Waals surface area contributed by atoms with Crippen molar-refractivity contribution in [1.82, 2.24) is 15.6 Å². The molecule has 0 atom stereocenters. The summed E-state index contributed by atoms with van der Waals surface area (Å²) < 4.78 is 0. The Balaban J connectivity index is 0.00000208. The Morgan fingerprint density at radius 1 is 1.29 bits per heavy atom. The smallest absolute Gasteiger partial charge is 0.226 e. The molecule has 24 heavy (non-hydrogen) atoms. The minimum absolute atomic E-state index is 0. The van der Waals surface area contributed by atoms with Crippen molar-refractivity contribution in [3.05, 3.63) is 40.9 Å². The summed E-state index contributed by atoms with van der Waals surface area (Å²) in [7, 11) is 0. The maximum atomic E-state index is 12.1. The lowest BCUT2D eigenvalue weighted by molar-refractivity contribution is -0.121. The Labute approximate surface area is 153 Å². The van der Waals surface area contributed by atoms with Gasteiger partial charge >= 0.3 is 0 Å². The first-order chi connectivity index (χ1) is 11.2. The van der Waals surface area contributed by atoms with E-state index in [1.165, 1.54) is 5.56 Å². The maximum Gasteiger partial charge on any atom is 0.226 e. The molecule has 0 bridgehead atoms. The molecular formula is C18H24ClN3OS. The molecule has 2 aromatic rings. The van der Waals surface area contributed by atoms with Gasteiger partial charge < -0.3 is 10.6 Å². The second-order valence-corrected chi connectivity index (χ2v) is 6.82. The van der Waals surface area contributed by atoms with E-state index in [9.17, 15) is 4.79 Å². The molecule has 3 rings (SSSR count). The SMILES string of the molecule is CCc1ccc(-c2nc(CC(=O)NC3CCNCC3)cs2)cc1.Cl. The molecule has 1 aliphatic heterocycles. The molecule has 1 fully saturated rings. The van der Waals surface area contributed by atoms with Gasteiger partial charge in [-0.3, -0.25) is 4.79 Å². The van der Waals surface area contributed by atoms with E-state index in [2.05, 4.69) is 46.8 Å². The number of carbonyl (C=O) groups is 1. The highest BCUT2D eigenvalue weighted by molar-refractivity contribution is 7.13. The Hall–Kier alpha value is -1.43. The van der Waals surface area contributed by atoms with Crippen molar-refractivity contribution < 1.29 is 4.79 Å². The van der Waals surface area contributed by atoms with Crippen LogP contribution in [0.3, 0.4) is 0 Å². The minimum atomic E-state index is 0. The molecule has 130 valence electrons. The van der Waals surface area contributed by atoms with Crippen molar-refractivity contribution in [3.8, 4) is 10.6 Å². The third-order valence-corrected chi connectivity index (χ3v) is 5.15. The van der Waals surface area contributed by atoms with E-state index in [0.29, 0.717) is 12.5 Å². The van der Waals surface area contributed by atoms with Crippen molar-refractivity contribution in [3.63, 3.8) is 0 Å². The van der Waals surface area contributed by atoms with Gasteiger partial charge in [-0.25, -0.2) is 4.98 Å². The zero-order valence-electron chi connectivity index (χ0n) is 13.9. The van der Waals surface area contributed by atoms with Crippen LogP contribution in [-0.4, -0.2) is 30.0 Å². The second kappa shape index (κ2) is 9.16. The topological polar surface area (TPSA) is 54.0 Å². The number of aromatic nitrogens is 1. The van der Waals surface area contributed by atoms with Gasteiger partial charge in [0, 0.05) is 17.0 Å². The number of thiazole rings is 1. The molecule has 4 nitrogen and oxygen atoms in total. The van der Waals surface area contributed by atoms with Gasteiger partial charge in [-0.15, -0.1) is 23.7 Å². The van der Waals surface area contributed by atoms with E-state index in [1.54, 1.807) is 11.3 Å². The van der Waals surface area contributed by atoms with E-state index >= 15 is 0 Å². The van der Waals surface area contributed by atoms with Gasteiger partial charge in [0.1, 0.15) is 5.01 Å². The van der Waals surface area contributed by atoms with Crippen molar-refractivity contribution in [1.29, 1.82) is 0 Å². The molecule has 6 heteroatoms. The largest absolute Gasteiger partial charge is 0.353 e. The summed E-state index contributed by atoms with van der Waals surface area (Å²) in [5.74, 6) is 0.0788. The van der Waals surface area contributed by atoms with Gasteiger partial charge in [0.15, 0.2) is 0 Å². The lowest BCUT2D eigenvalue weighted by Crippen LogP contribution is -2.43. The van der Waals surface area contributed by atoms with Crippen LogP contribution in [0.5, 0.6) is 0 Å². The van der Waals surface area contributed by atoms with Gasteiger partial charge in [0.2, 0.25) is 5.91 Å². The number of carbonyl (C=O) groups excluding carboxylic acids is 1. The number of halogens is 1. The molecule has 1 saturated heterocycles. The molecule has 2 N–H and O–H groups in total. The Morgan fingerprint density at radius 3 is 2.67 bits per heavy atom. The second-order valence-electron chi connectivity index (χ2n) is 5.96. The lowest BCUT2D eigenvalue weighted by atomic mass is 10.1. The van der Waals surface area contributed by atoms with Crippen molar-refractivity contribution in [2.45, 2.75) is 38.6 Å². The molecule has 2 heterocycles. The van der Waals surface area contributed by atoms with Crippen LogP contribution in [-0.2, 0) is 17.6 Å². The first-order valence-electron chi connectivity index (χ1n) is 8.28. The molecular weight excluding hydrogens is 342 g/mol. The molecule has 0 saturated carbocycles.